The molecule has 0 aliphatic carbocycles. The number of ether oxygens (including phenoxy) is 1. The predicted octanol–water partition coefficient (Wildman–Crippen LogP) is 1.95. The Morgan fingerprint density at radius 2 is 2.12 bits per heavy atom. The van der Waals surface area contributed by atoms with Crippen molar-refractivity contribution in [2.75, 3.05) is 11.9 Å². The summed E-state index contributed by atoms with van der Waals surface area (Å²) in [4.78, 5) is 17.1. The molecule has 17 heavy (non-hydrogen) atoms. The molecule has 0 saturated carbocycles. The fourth-order valence-electron chi connectivity index (χ4n) is 1.14. The van der Waals surface area contributed by atoms with Crippen molar-refractivity contribution in [3.8, 4) is 0 Å². The largest absolute Gasteiger partial charge is 0.443 e. The topological polar surface area (TPSA) is 62.7 Å². The van der Waals surface area contributed by atoms with Gasteiger partial charge in [0.15, 0.2) is 0 Å². The molecule has 94 valence electrons. The van der Waals surface area contributed by atoms with Gasteiger partial charge in [0.1, 0.15) is 5.60 Å². The number of anilines is 1. The highest BCUT2D eigenvalue weighted by molar-refractivity contribution is 5.86. The highest BCUT2D eigenvalue weighted by Gasteiger charge is 2.20. The van der Waals surface area contributed by atoms with Crippen LogP contribution in [0.5, 0.6) is 0 Å². The van der Waals surface area contributed by atoms with Gasteiger partial charge in [-0.25, -0.2) is 4.79 Å². The maximum absolute atomic E-state index is 11.7. The van der Waals surface area contributed by atoms with Crippen molar-refractivity contribution in [2.24, 2.45) is 0 Å². The highest BCUT2D eigenvalue weighted by atomic mass is 16.6. The zero-order valence-corrected chi connectivity index (χ0v) is 10.6. The Labute approximate surface area is 101 Å². The van der Waals surface area contributed by atoms with E-state index in [0.717, 1.165) is 0 Å². The first-order valence-corrected chi connectivity index (χ1v) is 5.36. The fraction of sp³-hybridized carbons (Fsp3) is 0.500. The molecule has 1 rings (SSSR count). The summed E-state index contributed by atoms with van der Waals surface area (Å²) in [6, 6.07) is 3.37. The predicted molar refractivity (Wildman–Crippen MR) is 64.8 cm³/mol. The molecule has 0 saturated heterocycles. The van der Waals surface area contributed by atoms with E-state index in [1.807, 2.05) is 20.8 Å². The quantitative estimate of drug-likeness (QED) is 0.855. The van der Waals surface area contributed by atoms with Gasteiger partial charge in [0.05, 0.1) is 24.2 Å². The Morgan fingerprint density at radius 1 is 1.47 bits per heavy atom. The number of amides is 1. The van der Waals surface area contributed by atoms with Gasteiger partial charge in [-0.2, -0.15) is 0 Å². The van der Waals surface area contributed by atoms with Crippen LogP contribution in [0.2, 0.25) is 0 Å². The smallest absolute Gasteiger partial charge is 0.414 e. The molecular weight excluding hydrogens is 220 g/mol. The van der Waals surface area contributed by atoms with Crippen LogP contribution in [0.3, 0.4) is 0 Å². The maximum atomic E-state index is 11.7. The zero-order chi connectivity index (χ0) is 13.1. The first-order chi connectivity index (χ1) is 7.83. The number of pyridine rings is 1. The lowest BCUT2D eigenvalue weighted by Crippen LogP contribution is -2.34. The number of carbonyl (C=O) groups is 1. The Bertz CT molecular complexity index is 382. The van der Waals surface area contributed by atoms with Crippen molar-refractivity contribution in [2.45, 2.75) is 33.0 Å². The number of carbonyl (C=O) groups excluding carboxylic acids is 1. The van der Waals surface area contributed by atoms with Crippen LogP contribution < -0.4 is 4.90 Å². The molecule has 1 amide bonds. The maximum Gasteiger partial charge on any atom is 0.414 e. The minimum atomic E-state index is -0.524. The van der Waals surface area contributed by atoms with E-state index in [0.29, 0.717) is 11.4 Å². The first kappa shape index (κ1) is 13.4. The third-order valence-corrected chi connectivity index (χ3v) is 2.03. The summed E-state index contributed by atoms with van der Waals surface area (Å²) in [6.07, 6.45) is 1.09. The molecule has 1 aromatic rings. The van der Waals surface area contributed by atoms with Crippen molar-refractivity contribution in [3.05, 3.63) is 24.0 Å². The lowest BCUT2D eigenvalue weighted by molar-refractivity contribution is 0.0589. The minimum absolute atomic E-state index is 0.115. The second-order valence-electron chi connectivity index (χ2n) is 4.71. The molecule has 0 spiro atoms. The molecule has 0 fully saturated rings. The molecule has 1 heterocycles. The molecule has 0 aliphatic rings. The van der Waals surface area contributed by atoms with Gasteiger partial charge in [0.2, 0.25) is 0 Å². The van der Waals surface area contributed by atoms with E-state index < -0.39 is 11.7 Å². The minimum Gasteiger partial charge on any atom is -0.443 e. The molecule has 5 nitrogen and oxygen atoms in total. The third-order valence-electron chi connectivity index (χ3n) is 2.03. The standard InChI is InChI=1S/C12H18N2O3/c1-12(2,3)17-11(16)14(4)10-6-5-9(8-15)13-7-10/h5-7,15H,8H2,1-4H3. The molecule has 0 bridgehead atoms. The summed E-state index contributed by atoms with van der Waals surface area (Å²) < 4.78 is 5.22. The lowest BCUT2D eigenvalue weighted by Gasteiger charge is -2.24. The molecule has 0 aromatic carbocycles. The molecular formula is C12H18N2O3. The van der Waals surface area contributed by atoms with E-state index in [2.05, 4.69) is 4.98 Å². The molecule has 0 radical (unpaired) electrons. The summed E-state index contributed by atoms with van der Waals surface area (Å²) in [5, 5.41) is 8.86. The first-order valence-electron chi connectivity index (χ1n) is 5.36. The number of hydrogen-bond acceptors (Lipinski definition) is 4. The van der Waals surface area contributed by atoms with Crippen LogP contribution in [0.1, 0.15) is 26.5 Å². The molecule has 0 atom stereocenters. The van der Waals surface area contributed by atoms with E-state index in [-0.39, 0.29) is 6.61 Å². The number of aliphatic hydroxyl groups excluding tert-OH is 1. The van der Waals surface area contributed by atoms with Gasteiger partial charge in [0, 0.05) is 7.05 Å². The van der Waals surface area contributed by atoms with E-state index in [1.165, 1.54) is 11.1 Å². The average molecular weight is 238 g/mol. The van der Waals surface area contributed by atoms with Gasteiger partial charge in [-0.3, -0.25) is 9.88 Å². The molecule has 1 aromatic heterocycles. The van der Waals surface area contributed by atoms with E-state index >= 15 is 0 Å². The number of nitrogens with zero attached hydrogens (tertiary/aromatic N) is 2. The van der Waals surface area contributed by atoms with Crippen LogP contribution in [-0.4, -0.2) is 28.8 Å². The SMILES string of the molecule is CN(C(=O)OC(C)(C)C)c1ccc(CO)nc1. The van der Waals surface area contributed by atoms with Crippen LogP contribution in [0.25, 0.3) is 0 Å². The van der Waals surface area contributed by atoms with E-state index in [4.69, 9.17) is 9.84 Å². The summed E-state index contributed by atoms with van der Waals surface area (Å²) in [5.41, 5.74) is 0.659. The fourth-order valence-corrected chi connectivity index (χ4v) is 1.14. The summed E-state index contributed by atoms with van der Waals surface area (Å²) >= 11 is 0. The summed E-state index contributed by atoms with van der Waals surface area (Å²) in [6.45, 7) is 5.32. The second-order valence-corrected chi connectivity index (χ2v) is 4.71. The Morgan fingerprint density at radius 3 is 2.53 bits per heavy atom. The van der Waals surface area contributed by atoms with Crippen molar-refractivity contribution in [1.82, 2.24) is 4.98 Å². The summed E-state index contributed by atoms with van der Waals surface area (Å²) in [7, 11) is 1.61. The Hall–Kier alpha value is -1.62. The van der Waals surface area contributed by atoms with Gasteiger partial charge >= 0.3 is 6.09 Å². The Balaban J connectivity index is 2.74. The number of aromatic nitrogens is 1. The molecule has 0 aliphatic heterocycles. The number of aliphatic hydroxyl groups is 1. The van der Waals surface area contributed by atoms with Crippen molar-refractivity contribution in [3.63, 3.8) is 0 Å². The van der Waals surface area contributed by atoms with Gasteiger partial charge in [-0.15, -0.1) is 0 Å². The van der Waals surface area contributed by atoms with Gasteiger partial charge in [-0.05, 0) is 32.9 Å². The zero-order valence-electron chi connectivity index (χ0n) is 10.6. The van der Waals surface area contributed by atoms with Crippen molar-refractivity contribution in [1.29, 1.82) is 0 Å². The van der Waals surface area contributed by atoms with Crippen LogP contribution in [-0.2, 0) is 11.3 Å². The van der Waals surface area contributed by atoms with Crippen LogP contribution in [0, 0.1) is 0 Å². The normalized spacial score (nSPS) is 11.1. The molecule has 1 N–H and O–H groups in total. The molecule has 0 unspecified atom stereocenters. The van der Waals surface area contributed by atoms with Crippen molar-refractivity contribution < 1.29 is 14.6 Å². The average Bonchev–Trinajstić information content (AvgIpc) is 2.26. The van der Waals surface area contributed by atoms with Gasteiger partial charge < -0.3 is 9.84 Å². The van der Waals surface area contributed by atoms with E-state index in [9.17, 15) is 4.79 Å². The lowest BCUT2D eigenvalue weighted by atomic mass is 10.2. The number of rotatable bonds is 2. The monoisotopic (exact) mass is 238 g/mol. The van der Waals surface area contributed by atoms with Crippen LogP contribution in [0.4, 0.5) is 10.5 Å². The summed E-state index contributed by atoms with van der Waals surface area (Å²) in [5.74, 6) is 0. The third kappa shape index (κ3) is 4.03. The van der Waals surface area contributed by atoms with Crippen LogP contribution >= 0.6 is 0 Å². The van der Waals surface area contributed by atoms with Crippen LogP contribution in [0.15, 0.2) is 18.3 Å². The van der Waals surface area contributed by atoms with Gasteiger partial charge in [-0.1, -0.05) is 0 Å². The van der Waals surface area contributed by atoms with Gasteiger partial charge in [0.25, 0.3) is 0 Å². The Kier molecular flexibility index (Phi) is 4.07. The highest BCUT2D eigenvalue weighted by Crippen LogP contribution is 2.15. The molecule has 5 heteroatoms. The number of hydrogen-bond donors (Lipinski definition) is 1. The van der Waals surface area contributed by atoms with Crippen molar-refractivity contribution >= 4 is 11.8 Å². The second kappa shape index (κ2) is 5.14. The van der Waals surface area contributed by atoms with E-state index in [1.54, 1.807) is 19.2 Å².